The molecular weight excluding hydrogens is 737 g/mol. The average Bonchev–Trinajstić information content (AvgIpc) is 4.07. The fraction of sp³-hybridized carbons (Fsp3) is 0.636. The number of benzene rings is 1. The molecule has 4 amide bonds. The summed E-state index contributed by atoms with van der Waals surface area (Å²) in [6, 6.07) is 7.41. The molecule has 8 rings (SSSR count). The second-order valence-corrected chi connectivity index (χ2v) is 17.9. The normalized spacial score (nSPS) is 25.3. The third-order valence-electron chi connectivity index (χ3n) is 14.0. The molecule has 0 radical (unpaired) electrons. The zero-order valence-corrected chi connectivity index (χ0v) is 35.5. The summed E-state index contributed by atoms with van der Waals surface area (Å²) >= 11 is 0. The Morgan fingerprint density at radius 1 is 0.690 bits per heavy atom. The summed E-state index contributed by atoms with van der Waals surface area (Å²) < 4.78 is 9.87. The van der Waals surface area contributed by atoms with E-state index in [1.54, 1.807) is 14.1 Å². The monoisotopic (exact) mass is 798 g/mol. The van der Waals surface area contributed by atoms with Crippen molar-refractivity contribution < 1.29 is 28.7 Å². The highest BCUT2D eigenvalue weighted by Crippen LogP contribution is 2.58. The Balaban J connectivity index is 1.00. The van der Waals surface area contributed by atoms with Crippen molar-refractivity contribution in [2.24, 2.45) is 11.8 Å². The van der Waals surface area contributed by atoms with Crippen LogP contribution in [0.1, 0.15) is 127 Å². The summed E-state index contributed by atoms with van der Waals surface area (Å²) in [5.74, 6) is 1.32. The predicted octanol–water partition coefficient (Wildman–Crippen LogP) is 7.12. The highest BCUT2D eigenvalue weighted by Gasteiger charge is 2.51. The summed E-state index contributed by atoms with van der Waals surface area (Å²) in [5.41, 5.74) is 4.74. The maximum absolute atomic E-state index is 13.9. The minimum atomic E-state index is -0.622. The van der Waals surface area contributed by atoms with E-state index >= 15 is 0 Å². The highest BCUT2D eigenvalue weighted by atomic mass is 16.5. The molecule has 2 bridgehead atoms. The van der Waals surface area contributed by atoms with Crippen LogP contribution in [-0.2, 0) is 29.9 Å². The molecule has 3 saturated carbocycles. The van der Waals surface area contributed by atoms with E-state index in [0.29, 0.717) is 13.1 Å². The van der Waals surface area contributed by atoms with E-state index in [0.717, 1.165) is 87.1 Å². The lowest BCUT2D eigenvalue weighted by Gasteiger charge is -2.53. The number of hydrogen-bond donors (Lipinski definition) is 2. The number of hydrogen-bond acceptors (Lipinski definition) is 8. The van der Waals surface area contributed by atoms with E-state index in [4.69, 9.17) is 19.4 Å². The van der Waals surface area contributed by atoms with Crippen LogP contribution in [0, 0.1) is 11.8 Å². The van der Waals surface area contributed by atoms with Crippen molar-refractivity contribution in [3.05, 3.63) is 59.6 Å². The number of nitrogens with zero attached hydrogens (tertiary/aromatic N) is 6. The smallest absolute Gasteiger partial charge is 0.409 e. The number of imidazole rings is 2. The number of aromatic amines is 2. The number of fused-ring (bicyclic) bond motifs is 3. The maximum atomic E-state index is 13.9. The van der Waals surface area contributed by atoms with Crippen molar-refractivity contribution in [3.63, 3.8) is 0 Å². The number of likely N-dealkylation sites (N-methyl/N-ethyl adjacent to an activating group) is 2. The number of ether oxygens (including phenoxy) is 2. The van der Waals surface area contributed by atoms with Gasteiger partial charge in [-0.05, 0) is 92.6 Å². The Kier molecular flexibility index (Phi) is 11.7. The van der Waals surface area contributed by atoms with Crippen molar-refractivity contribution in [3.8, 4) is 11.3 Å². The van der Waals surface area contributed by atoms with Crippen molar-refractivity contribution in [2.45, 2.75) is 127 Å². The zero-order chi connectivity index (χ0) is 41.5. The number of aromatic nitrogens is 4. The Bertz CT molecular complexity index is 1950. The maximum Gasteiger partial charge on any atom is 0.409 e. The first-order valence-electron chi connectivity index (χ1n) is 21.2. The van der Waals surface area contributed by atoms with E-state index in [1.165, 1.54) is 35.3 Å². The van der Waals surface area contributed by atoms with Crippen LogP contribution in [0.2, 0.25) is 0 Å². The van der Waals surface area contributed by atoms with Gasteiger partial charge in [0.05, 0.1) is 38.2 Å². The molecule has 4 atom stereocenters. The van der Waals surface area contributed by atoms with Crippen molar-refractivity contribution in [1.82, 2.24) is 39.5 Å². The largest absolute Gasteiger partial charge is 0.453 e. The molecule has 4 unspecified atom stereocenters. The summed E-state index contributed by atoms with van der Waals surface area (Å²) in [6.45, 7) is 9.08. The number of methoxy groups -OCH3 is 2. The molecular formula is C44H62N8O6. The van der Waals surface area contributed by atoms with Gasteiger partial charge in [-0.25, -0.2) is 19.6 Å². The standard InChI is InChI=1S/C44H62N8O6/c1-27(2)35(49(5)41(55)57-7)39(53)51-23-9-11-32(51)37-45-25-31(47-37)29-13-15-30(16-14-29)43-17-20-44(21-18-43,22-19-43)34-26-46-38(48-34)33-12-10-24-52(33)40(54)36(28(3)4)50(6)42(56)58-8/h13-16,25-28,32-33,35-36H,9-12,17-24H2,1-8H3,(H,45,47)(H,46,48). The molecule has 2 N–H and O–H groups in total. The SMILES string of the molecule is COC(=O)N(C)C(C(=O)N1CCCC1c1ncc(-c2ccc(C34CCC(c5cnc(C6CCCN6C(=O)C(C(C)C)N(C)C(=O)OC)[nH]5)(CC3)CC4)cc2)[nH]1)C(C)C. The zero-order valence-electron chi connectivity index (χ0n) is 35.5. The van der Waals surface area contributed by atoms with Gasteiger partial charge in [0.2, 0.25) is 11.8 Å². The van der Waals surface area contributed by atoms with Crippen LogP contribution in [0.4, 0.5) is 9.59 Å². The van der Waals surface area contributed by atoms with Gasteiger partial charge in [0, 0.05) is 44.5 Å². The number of likely N-dealkylation sites (tertiary alicyclic amines) is 2. The minimum absolute atomic E-state index is 0.0533. The molecule has 2 aliphatic heterocycles. The molecule has 3 aromatic rings. The number of carbonyl (C=O) groups excluding carboxylic acids is 4. The average molecular weight is 799 g/mol. The molecule has 2 aromatic heterocycles. The first-order chi connectivity index (χ1) is 27.7. The van der Waals surface area contributed by atoms with E-state index in [-0.39, 0.29) is 46.6 Å². The van der Waals surface area contributed by atoms with Gasteiger partial charge in [-0.15, -0.1) is 0 Å². The molecule has 0 spiro atoms. The van der Waals surface area contributed by atoms with Gasteiger partial charge in [-0.2, -0.15) is 0 Å². The van der Waals surface area contributed by atoms with Crippen LogP contribution >= 0.6 is 0 Å². The van der Waals surface area contributed by atoms with Crippen LogP contribution in [0.5, 0.6) is 0 Å². The quantitative estimate of drug-likeness (QED) is 0.208. The molecule has 14 nitrogen and oxygen atoms in total. The van der Waals surface area contributed by atoms with Crippen LogP contribution in [0.25, 0.3) is 11.3 Å². The Morgan fingerprint density at radius 3 is 1.60 bits per heavy atom. The van der Waals surface area contributed by atoms with Gasteiger partial charge >= 0.3 is 12.2 Å². The molecule has 3 aliphatic carbocycles. The lowest BCUT2D eigenvalue weighted by molar-refractivity contribution is -0.139. The van der Waals surface area contributed by atoms with Gasteiger partial charge in [0.15, 0.2) is 0 Å². The highest BCUT2D eigenvalue weighted by molar-refractivity contribution is 5.87. The Labute approximate surface area is 342 Å². The minimum Gasteiger partial charge on any atom is -0.453 e. The molecule has 58 heavy (non-hydrogen) atoms. The first kappa shape index (κ1) is 41.3. The fourth-order valence-corrected chi connectivity index (χ4v) is 10.7. The molecule has 1 aromatic carbocycles. The van der Waals surface area contributed by atoms with Crippen LogP contribution in [-0.4, -0.2) is 117 Å². The van der Waals surface area contributed by atoms with E-state index in [1.807, 2.05) is 49.9 Å². The summed E-state index contributed by atoms with van der Waals surface area (Å²) in [6.07, 6.45) is 12.8. The number of nitrogens with one attached hydrogen (secondary N) is 2. The summed E-state index contributed by atoms with van der Waals surface area (Å²) in [7, 11) is 5.93. The number of rotatable bonds is 11. The lowest BCUT2D eigenvalue weighted by atomic mass is 9.51. The van der Waals surface area contributed by atoms with Crippen molar-refractivity contribution in [1.29, 1.82) is 0 Å². The first-order valence-corrected chi connectivity index (χ1v) is 21.2. The Hall–Kier alpha value is -4.88. The van der Waals surface area contributed by atoms with Gasteiger partial charge in [0.25, 0.3) is 0 Å². The summed E-state index contributed by atoms with van der Waals surface area (Å²) in [4.78, 5) is 76.0. The second kappa shape index (κ2) is 16.4. The number of carbonyl (C=O) groups is 4. The summed E-state index contributed by atoms with van der Waals surface area (Å²) in [5, 5.41) is 0. The van der Waals surface area contributed by atoms with E-state index in [9.17, 15) is 19.2 Å². The second-order valence-electron chi connectivity index (χ2n) is 17.9. The van der Waals surface area contributed by atoms with E-state index < -0.39 is 24.3 Å². The molecule has 314 valence electrons. The van der Waals surface area contributed by atoms with Crippen LogP contribution in [0.3, 0.4) is 0 Å². The van der Waals surface area contributed by atoms with Crippen molar-refractivity contribution in [2.75, 3.05) is 41.4 Å². The third kappa shape index (κ3) is 7.36. The molecule has 5 aliphatic rings. The van der Waals surface area contributed by atoms with E-state index in [2.05, 4.69) is 34.2 Å². The van der Waals surface area contributed by atoms with Gasteiger partial charge in [-0.1, -0.05) is 52.0 Å². The molecule has 2 saturated heterocycles. The Morgan fingerprint density at radius 2 is 1.14 bits per heavy atom. The topological polar surface area (TPSA) is 157 Å². The molecule has 4 heterocycles. The van der Waals surface area contributed by atoms with Crippen molar-refractivity contribution >= 4 is 24.0 Å². The van der Waals surface area contributed by atoms with Gasteiger partial charge < -0.3 is 29.2 Å². The van der Waals surface area contributed by atoms with Crippen LogP contribution < -0.4 is 0 Å². The fourth-order valence-electron chi connectivity index (χ4n) is 10.7. The third-order valence-corrected chi connectivity index (χ3v) is 14.0. The van der Waals surface area contributed by atoms with Crippen LogP contribution in [0.15, 0.2) is 36.7 Å². The predicted molar refractivity (Wildman–Crippen MR) is 219 cm³/mol. The molecule has 14 heteroatoms. The van der Waals surface area contributed by atoms with Gasteiger partial charge in [-0.3, -0.25) is 19.4 Å². The molecule has 5 fully saturated rings. The lowest BCUT2D eigenvalue weighted by Crippen LogP contribution is -2.51. The number of H-pyrrole nitrogens is 2. The number of amides is 4. The van der Waals surface area contributed by atoms with Gasteiger partial charge in [0.1, 0.15) is 23.7 Å².